The molecule has 1 amide bonds. The van der Waals surface area contributed by atoms with Gasteiger partial charge in [-0.05, 0) is 48.6 Å². The van der Waals surface area contributed by atoms with Crippen molar-refractivity contribution in [2.24, 2.45) is 11.8 Å². The van der Waals surface area contributed by atoms with Crippen LogP contribution >= 0.6 is 11.3 Å². The maximum atomic E-state index is 13.0. The largest absolute Gasteiger partial charge is 0.334 e. The average molecular weight is 329 g/mol. The molecule has 0 radical (unpaired) electrons. The van der Waals surface area contributed by atoms with Gasteiger partial charge in [-0.25, -0.2) is 0 Å². The first-order valence-electron chi connectivity index (χ1n) is 8.64. The van der Waals surface area contributed by atoms with Crippen LogP contribution in [0.3, 0.4) is 0 Å². The van der Waals surface area contributed by atoms with Crippen molar-refractivity contribution in [2.75, 3.05) is 6.54 Å². The first-order valence-corrected chi connectivity index (χ1v) is 9.52. The Hall–Kier alpha value is -1.62. The molecular weight excluding hydrogens is 306 g/mol. The van der Waals surface area contributed by atoms with E-state index >= 15 is 0 Å². The minimum absolute atomic E-state index is 0.104. The molecule has 1 N–H and O–H groups in total. The molecule has 1 saturated carbocycles. The van der Waals surface area contributed by atoms with E-state index in [0.29, 0.717) is 17.7 Å². The summed E-state index contributed by atoms with van der Waals surface area (Å²) in [6.07, 6.45) is 6.12. The zero-order valence-corrected chi connectivity index (χ0v) is 14.3. The molecular formula is C18H23N3OS. The second-order valence-electron chi connectivity index (χ2n) is 6.92. The van der Waals surface area contributed by atoms with Gasteiger partial charge in [0.15, 0.2) is 5.69 Å². The van der Waals surface area contributed by atoms with E-state index in [2.05, 4.69) is 22.0 Å². The summed E-state index contributed by atoms with van der Waals surface area (Å²) in [5, 5.41) is 9.35. The smallest absolute Gasteiger partial charge is 0.274 e. The van der Waals surface area contributed by atoms with E-state index in [0.717, 1.165) is 35.9 Å². The molecule has 1 aliphatic heterocycles. The number of nitrogens with one attached hydrogen (secondary N) is 1. The van der Waals surface area contributed by atoms with Gasteiger partial charge in [0.2, 0.25) is 0 Å². The molecule has 4 nitrogen and oxygen atoms in total. The van der Waals surface area contributed by atoms with Crippen LogP contribution in [0.4, 0.5) is 0 Å². The van der Waals surface area contributed by atoms with Crippen LogP contribution in [0.2, 0.25) is 0 Å². The lowest BCUT2D eigenvalue weighted by atomic mass is 9.72. The van der Waals surface area contributed by atoms with Gasteiger partial charge in [-0.2, -0.15) is 5.10 Å². The van der Waals surface area contributed by atoms with Crippen LogP contribution in [0.1, 0.15) is 49.5 Å². The molecule has 2 aliphatic rings. The predicted molar refractivity (Wildman–Crippen MR) is 92.5 cm³/mol. The number of H-pyrrole nitrogens is 1. The van der Waals surface area contributed by atoms with Crippen LogP contribution in [0.5, 0.6) is 0 Å². The fraction of sp³-hybridized carbons (Fsp3) is 0.556. The summed E-state index contributed by atoms with van der Waals surface area (Å²) in [5.41, 5.74) is 1.50. The Morgan fingerprint density at radius 1 is 1.35 bits per heavy atom. The fourth-order valence-electron chi connectivity index (χ4n) is 4.30. The minimum Gasteiger partial charge on any atom is -0.334 e. The van der Waals surface area contributed by atoms with Gasteiger partial charge in [-0.3, -0.25) is 9.89 Å². The van der Waals surface area contributed by atoms with Gasteiger partial charge in [0, 0.05) is 12.6 Å². The number of hydrogen-bond donors (Lipinski definition) is 1. The number of aromatic amines is 1. The topological polar surface area (TPSA) is 49.0 Å². The van der Waals surface area contributed by atoms with Crippen molar-refractivity contribution in [1.82, 2.24) is 15.1 Å². The highest BCUT2D eigenvalue weighted by Gasteiger charge is 2.40. The Morgan fingerprint density at radius 3 is 3.04 bits per heavy atom. The van der Waals surface area contributed by atoms with Gasteiger partial charge in [0.25, 0.3) is 5.91 Å². The zero-order chi connectivity index (χ0) is 15.8. The lowest BCUT2D eigenvalue weighted by Crippen LogP contribution is -2.52. The van der Waals surface area contributed by atoms with Crippen LogP contribution in [0, 0.1) is 11.8 Å². The number of aromatic nitrogens is 2. The summed E-state index contributed by atoms with van der Waals surface area (Å²) in [7, 11) is 0. The summed E-state index contributed by atoms with van der Waals surface area (Å²) >= 11 is 1.66. The summed E-state index contributed by atoms with van der Waals surface area (Å²) in [6, 6.07) is 6.39. The zero-order valence-electron chi connectivity index (χ0n) is 13.5. The van der Waals surface area contributed by atoms with Gasteiger partial charge >= 0.3 is 0 Å². The molecule has 122 valence electrons. The number of carbonyl (C=O) groups is 1. The third kappa shape index (κ3) is 2.71. The first-order chi connectivity index (χ1) is 11.2. The van der Waals surface area contributed by atoms with Gasteiger partial charge < -0.3 is 4.90 Å². The summed E-state index contributed by atoms with van der Waals surface area (Å²) in [6.45, 7) is 3.23. The highest BCUT2D eigenvalue weighted by atomic mass is 32.1. The van der Waals surface area contributed by atoms with E-state index in [4.69, 9.17) is 0 Å². The standard InChI is InChI=1S/C18H23N3OS/c1-12-8-9-21(16-6-3-2-5-13(12)16)18(22)15-11-14(19-20-15)17-7-4-10-23-17/h4,7,10-13,16H,2-3,5-6,8-9H2,1H3,(H,19,20). The minimum atomic E-state index is 0.104. The number of hydrogen-bond acceptors (Lipinski definition) is 3. The molecule has 0 bridgehead atoms. The van der Waals surface area contributed by atoms with Crippen molar-refractivity contribution >= 4 is 17.2 Å². The summed E-state index contributed by atoms with van der Waals surface area (Å²) in [4.78, 5) is 16.2. The lowest BCUT2D eigenvalue weighted by Gasteiger charge is -2.47. The SMILES string of the molecule is CC1CCN(C(=O)c2cc(-c3cccs3)[nH]n2)C2CCCCC12. The average Bonchev–Trinajstić information content (AvgIpc) is 3.26. The van der Waals surface area contributed by atoms with Gasteiger partial charge in [-0.15, -0.1) is 11.3 Å². The Morgan fingerprint density at radius 2 is 2.22 bits per heavy atom. The molecule has 3 heterocycles. The monoisotopic (exact) mass is 329 g/mol. The molecule has 1 aliphatic carbocycles. The molecule has 1 saturated heterocycles. The quantitative estimate of drug-likeness (QED) is 0.898. The van der Waals surface area contributed by atoms with Crippen LogP contribution in [-0.4, -0.2) is 33.6 Å². The number of thiophene rings is 1. The third-order valence-corrected chi connectivity index (χ3v) is 6.49. The lowest BCUT2D eigenvalue weighted by molar-refractivity contribution is 0.0213. The molecule has 2 aromatic heterocycles. The van der Waals surface area contributed by atoms with E-state index in [-0.39, 0.29) is 5.91 Å². The van der Waals surface area contributed by atoms with Crippen molar-refractivity contribution < 1.29 is 4.79 Å². The number of nitrogens with zero attached hydrogens (tertiary/aromatic N) is 2. The molecule has 2 fully saturated rings. The molecule has 2 aromatic rings. The fourth-order valence-corrected chi connectivity index (χ4v) is 4.99. The maximum Gasteiger partial charge on any atom is 0.274 e. The van der Waals surface area contributed by atoms with E-state index < -0.39 is 0 Å². The number of rotatable bonds is 2. The number of fused-ring (bicyclic) bond motifs is 1. The molecule has 0 spiro atoms. The van der Waals surface area contributed by atoms with E-state index in [9.17, 15) is 4.79 Å². The summed E-state index contributed by atoms with van der Waals surface area (Å²) < 4.78 is 0. The van der Waals surface area contributed by atoms with Crippen molar-refractivity contribution in [2.45, 2.75) is 45.1 Å². The number of piperidine rings is 1. The van der Waals surface area contributed by atoms with Gasteiger partial charge in [0.05, 0.1) is 10.6 Å². The van der Waals surface area contributed by atoms with E-state index in [1.54, 1.807) is 11.3 Å². The van der Waals surface area contributed by atoms with Crippen molar-refractivity contribution in [1.29, 1.82) is 0 Å². The summed E-state index contributed by atoms with van der Waals surface area (Å²) in [5.74, 6) is 1.52. The van der Waals surface area contributed by atoms with Crippen LogP contribution in [-0.2, 0) is 0 Å². The second kappa shape index (κ2) is 6.11. The molecule has 5 heteroatoms. The maximum absolute atomic E-state index is 13.0. The number of amides is 1. The molecule has 3 atom stereocenters. The number of likely N-dealkylation sites (tertiary alicyclic amines) is 1. The Bertz CT molecular complexity index is 678. The Kier molecular flexibility index (Phi) is 3.97. The van der Waals surface area contributed by atoms with Crippen molar-refractivity contribution in [3.63, 3.8) is 0 Å². The van der Waals surface area contributed by atoms with E-state index in [1.807, 2.05) is 23.6 Å². The normalized spacial score (nSPS) is 27.7. The molecule has 4 rings (SSSR count). The van der Waals surface area contributed by atoms with Crippen molar-refractivity contribution in [3.8, 4) is 10.6 Å². The Labute approximate surface area is 140 Å². The predicted octanol–water partition coefficient (Wildman–Crippen LogP) is 4.18. The Balaban J connectivity index is 1.56. The van der Waals surface area contributed by atoms with E-state index in [1.165, 1.54) is 19.3 Å². The molecule has 3 unspecified atom stereocenters. The van der Waals surface area contributed by atoms with Crippen LogP contribution in [0.15, 0.2) is 23.6 Å². The van der Waals surface area contributed by atoms with Gasteiger partial charge in [-0.1, -0.05) is 25.8 Å². The van der Waals surface area contributed by atoms with Crippen LogP contribution < -0.4 is 0 Å². The third-order valence-electron chi connectivity index (χ3n) is 5.58. The van der Waals surface area contributed by atoms with Crippen LogP contribution in [0.25, 0.3) is 10.6 Å². The molecule has 23 heavy (non-hydrogen) atoms. The van der Waals surface area contributed by atoms with Gasteiger partial charge in [0.1, 0.15) is 0 Å². The number of carbonyl (C=O) groups excluding carboxylic acids is 1. The highest BCUT2D eigenvalue weighted by Crippen LogP contribution is 2.39. The highest BCUT2D eigenvalue weighted by molar-refractivity contribution is 7.13. The van der Waals surface area contributed by atoms with Crippen molar-refractivity contribution in [3.05, 3.63) is 29.3 Å². The second-order valence-corrected chi connectivity index (χ2v) is 7.87. The molecule has 0 aromatic carbocycles. The first kappa shape index (κ1) is 14.9.